The molecule has 0 aromatic rings. The molecule has 84 valence electrons. The van der Waals surface area contributed by atoms with Gasteiger partial charge >= 0.3 is 0 Å². The van der Waals surface area contributed by atoms with Crippen molar-refractivity contribution in [3.05, 3.63) is 0 Å². The second kappa shape index (κ2) is 3.84. The van der Waals surface area contributed by atoms with Gasteiger partial charge in [0, 0.05) is 0 Å². The van der Waals surface area contributed by atoms with Gasteiger partial charge in [0.15, 0.2) is 0 Å². The second-order valence-electron chi connectivity index (χ2n) is 6.99. The van der Waals surface area contributed by atoms with Crippen LogP contribution in [0.2, 0.25) is 0 Å². The van der Waals surface area contributed by atoms with Crippen molar-refractivity contribution in [1.29, 1.82) is 0 Å². The first-order chi connectivity index (χ1) is 6.21. The van der Waals surface area contributed by atoms with Gasteiger partial charge in [-0.15, -0.1) is 0 Å². The van der Waals surface area contributed by atoms with Crippen LogP contribution in [0.4, 0.5) is 0 Å². The fourth-order valence-corrected chi connectivity index (χ4v) is 2.72. The monoisotopic (exact) mass is 198 g/mol. The van der Waals surface area contributed by atoms with Crippen molar-refractivity contribution in [3.8, 4) is 0 Å². The molecule has 1 saturated carbocycles. The molecule has 1 aliphatic rings. The van der Waals surface area contributed by atoms with Crippen molar-refractivity contribution in [2.75, 3.05) is 21.1 Å². The Bertz CT molecular complexity index is 152. The van der Waals surface area contributed by atoms with Crippen molar-refractivity contribution in [3.63, 3.8) is 0 Å². The molecule has 0 bridgehead atoms. The lowest BCUT2D eigenvalue weighted by Crippen LogP contribution is -2.47. The van der Waals surface area contributed by atoms with Crippen LogP contribution in [0.25, 0.3) is 0 Å². The molecule has 0 aromatic heterocycles. The van der Waals surface area contributed by atoms with E-state index in [9.17, 15) is 0 Å². The van der Waals surface area contributed by atoms with E-state index >= 15 is 0 Å². The highest BCUT2D eigenvalue weighted by atomic mass is 15.3. The Balaban J connectivity index is 2.47. The van der Waals surface area contributed by atoms with E-state index in [2.05, 4.69) is 41.9 Å². The summed E-state index contributed by atoms with van der Waals surface area (Å²) in [5.41, 5.74) is 0.524. The summed E-state index contributed by atoms with van der Waals surface area (Å²) in [5, 5.41) is 0. The third-order valence-corrected chi connectivity index (χ3v) is 4.02. The van der Waals surface area contributed by atoms with Gasteiger partial charge in [0.2, 0.25) is 0 Å². The Morgan fingerprint density at radius 1 is 0.857 bits per heavy atom. The van der Waals surface area contributed by atoms with E-state index in [4.69, 9.17) is 0 Å². The van der Waals surface area contributed by atoms with Gasteiger partial charge in [-0.05, 0) is 37.0 Å². The average molecular weight is 198 g/mol. The van der Waals surface area contributed by atoms with Gasteiger partial charge in [-0.2, -0.15) is 0 Å². The fourth-order valence-electron chi connectivity index (χ4n) is 2.72. The van der Waals surface area contributed by atoms with Crippen LogP contribution >= 0.6 is 0 Å². The van der Waals surface area contributed by atoms with E-state index in [1.165, 1.54) is 25.7 Å². The SMILES string of the molecule is CC(C)(C)C1CCC([N+](C)(C)C)CC1. The highest BCUT2D eigenvalue weighted by Gasteiger charge is 2.34. The standard InChI is InChI=1S/C13H28N/c1-13(2,3)11-7-9-12(10-8-11)14(4,5)6/h11-12H,7-10H2,1-6H3/q+1. The lowest BCUT2D eigenvalue weighted by Gasteiger charge is -2.42. The Morgan fingerprint density at radius 3 is 1.57 bits per heavy atom. The van der Waals surface area contributed by atoms with Crippen LogP contribution in [0.3, 0.4) is 0 Å². The van der Waals surface area contributed by atoms with Gasteiger partial charge in [-0.3, -0.25) is 0 Å². The van der Waals surface area contributed by atoms with Gasteiger partial charge < -0.3 is 4.48 Å². The summed E-state index contributed by atoms with van der Waals surface area (Å²) in [4.78, 5) is 0. The summed E-state index contributed by atoms with van der Waals surface area (Å²) in [6.45, 7) is 7.18. The minimum Gasteiger partial charge on any atom is -0.328 e. The van der Waals surface area contributed by atoms with Gasteiger partial charge in [0.05, 0.1) is 27.2 Å². The molecule has 0 saturated heterocycles. The highest BCUT2D eigenvalue weighted by molar-refractivity contribution is 4.80. The van der Waals surface area contributed by atoms with Crippen LogP contribution in [0, 0.1) is 11.3 Å². The molecule has 0 heterocycles. The molecule has 0 atom stereocenters. The first kappa shape index (κ1) is 12.0. The van der Waals surface area contributed by atoms with E-state index in [-0.39, 0.29) is 0 Å². The predicted molar refractivity (Wildman–Crippen MR) is 63.2 cm³/mol. The molecule has 0 aromatic carbocycles. The van der Waals surface area contributed by atoms with Crippen molar-refractivity contribution in [2.45, 2.75) is 52.5 Å². The van der Waals surface area contributed by atoms with Crippen LogP contribution in [0.15, 0.2) is 0 Å². The summed E-state index contributed by atoms with van der Waals surface area (Å²) < 4.78 is 1.15. The highest BCUT2D eigenvalue weighted by Crippen LogP contribution is 2.39. The molecular weight excluding hydrogens is 170 g/mol. The van der Waals surface area contributed by atoms with Gasteiger partial charge in [-0.25, -0.2) is 0 Å². The molecule has 14 heavy (non-hydrogen) atoms. The van der Waals surface area contributed by atoms with Gasteiger partial charge in [-0.1, -0.05) is 20.8 Å². The van der Waals surface area contributed by atoms with E-state index in [0.717, 1.165) is 16.4 Å². The number of quaternary nitrogens is 1. The summed E-state index contributed by atoms with van der Waals surface area (Å²) in [5.74, 6) is 0.949. The Morgan fingerprint density at radius 2 is 1.29 bits per heavy atom. The minimum absolute atomic E-state index is 0.524. The van der Waals surface area contributed by atoms with Crippen LogP contribution in [-0.2, 0) is 0 Å². The zero-order valence-corrected chi connectivity index (χ0v) is 10.9. The number of nitrogens with zero attached hydrogens (tertiary/aromatic N) is 1. The molecule has 1 nitrogen and oxygen atoms in total. The Labute approximate surface area is 90.1 Å². The maximum absolute atomic E-state index is 2.39. The van der Waals surface area contributed by atoms with Crippen LogP contribution in [0.5, 0.6) is 0 Å². The number of hydrogen-bond acceptors (Lipinski definition) is 0. The molecule has 1 heteroatoms. The second-order valence-corrected chi connectivity index (χ2v) is 6.99. The third kappa shape index (κ3) is 2.98. The first-order valence-corrected chi connectivity index (χ1v) is 6.02. The molecule has 1 aliphatic carbocycles. The number of rotatable bonds is 1. The predicted octanol–water partition coefficient (Wildman–Crippen LogP) is 3.30. The minimum atomic E-state index is 0.524. The van der Waals surface area contributed by atoms with E-state index in [1.54, 1.807) is 0 Å². The Hall–Kier alpha value is -0.0400. The quantitative estimate of drug-likeness (QED) is 0.567. The maximum Gasteiger partial charge on any atom is 0.0884 e. The maximum atomic E-state index is 2.39. The molecule has 1 rings (SSSR count). The lowest BCUT2D eigenvalue weighted by molar-refractivity contribution is -0.897. The average Bonchev–Trinajstić information content (AvgIpc) is 2.01. The first-order valence-electron chi connectivity index (χ1n) is 6.02. The fraction of sp³-hybridized carbons (Fsp3) is 1.00. The van der Waals surface area contributed by atoms with Crippen molar-refractivity contribution < 1.29 is 4.48 Å². The summed E-state index contributed by atoms with van der Waals surface area (Å²) >= 11 is 0. The molecule has 0 aliphatic heterocycles. The molecule has 0 N–H and O–H groups in total. The summed E-state index contributed by atoms with van der Waals surface area (Å²) in [7, 11) is 7.01. The van der Waals surface area contributed by atoms with Gasteiger partial charge in [0.25, 0.3) is 0 Å². The van der Waals surface area contributed by atoms with Crippen molar-refractivity contribution in [2.24, 2.45) is 11.3 Å². The molecule has 0 spiro atoms. The van der Waals surface area contributed by atoms with Crippen LogP contribution < -0.4 is 0 Å². The van der Waals surface area contributed by atoms with Crippen LogP contribution in [-0.4, -0.2) is 31.7 Å². The molecule has 0 unspecified atom stereocenters. The number of hydrogen-bond donors (Lipinski definition) is 0. The largest absolute Gasteiger partial charge is 0.328 e. The Kier molecular flexibility index (Phi) is 3.30. The summed E-state index contributed by atoms with van der Waals surface area (Å²) in [6.07, 6.45) is 5.71. The van der Waals surface area contributed by atoms with Crippen molar-refractivity contribution >= 4 is 0 Å². The summed E-state index contributed by atoms with van der Waals surface area (Å²) in [6, 6.07) is 0.897. The van der Waals surface area contributed by atoms with E-state index < -0.39 is 0 Å². The smallest absolute Gasteiger partial charge is 0.0884 e. The molecular formula is C13H28N+. The van der Waals surface area contributed by atoms with Crippen molar-refractivity contribution in [1.82, 2.24) is 0 Å². The molecule has 0 radical (unpaired) electrons. The van der Waals surface area contributed by atoms with Crippen LogP contribution in [0.1, 0.15) is 46.5 Å². The van der Waals surface area contributed by atoms with E-state index in [0.29, 0.717) is 5.41 Å². The zero-order valence-electron chi connectivity index (χ0n) is 10.9. The van der Waals surface area contributed by atoms with E-state index in [1.807, 2.05) is 0 Å². The lowest BCUT2D eigenvalue weighted by atomic mass is 9.71. The van der Waals surface area contributed by atoms with Gasteiger partial charge in [0.1, 0.15) is 0 Å². The zero-order chi connectivity index (χ0) is 11.0. The third-order valence-electron chi connectivity index (χ3n) is 4.02. The molecule has 0 amide bonds. The topological polar surface area (TPSA) is 0 Å². The normalized spacial score (nSPS) is 30.4. The molecule has 1 fully saturated rings.